The predicted octanol–water partition coefficient (Wildman–Crippen LogP) is -2.16. The number of nitrogens with zero attached hydrogens (tertiary/aromatic N) is 5. The van der Waals surface area contributed by atoms with Crippen molar-refractivity contribution in [1.29, 1.82) is 5.26 Å². The molecule has 0 saturated carbocycles. The molecule has 0 saturated heterocycles. The minimum absolute atomic E-state index is 0. The Balaban J connectivity index is 0.00000261. The first-order valence-electron chi connectivity index (χ1n) is 7.46. The molecular weight excluding hydrogens is 485 g/mol. The number of nitrogen functional groups attached to an aromatic ring is 2. The van der Waals surface area contributed by atoms with E-state index < -0.39 is 5.97 Å². The number of hydrogen-bond donors (Lipinski definition) is 2. The van der Waals surface area contributed by atoms with Crippen molar-refractivity contribution < 1.29 is 38.1 Å². The van der Waals surface area contributed by atoms with Crippen LogP contribution in [0, 0.1) is 11.3 Å². The van der Waals surface area contributed by atoms with Gasteiger partial charge in [0.1, 0.15) is 0 Å². The first-order chi connectivity index (χ1) is 12.3. The molecule has 0 radical (unpaired) electrons. The smallest absolute Gasteiger partial charge is 0.361 e. The van der Waals surface area contributed by atoms with Gasteiger partial charge in [0.25, 0.3) is 5.82 Å². The second-order valence-corrected chi connectivity index (χ2v) is 5.92. The molecule has 3 aromatic rings. The maximum absolute atomic E-state index is 12.3. The summed E-state index contributed by atoms with van der Waals surface area (Å²) >= 11 is 5.78. The Kier molecular flexibility index (Phi) is 6.07. The van der Waals surface area contributed by atoms with E-state index in [1.54, 1.807) is 12.1 Å². The Morgan fingerprint density at radius 3 is 2.74 bits per heavy atom. The van der Waals surface area contributed by atoms with Crippen molar-refractivity contribution in [3.05, 3.63) is 40.4 Å². The number of nitriles is 1. The van der Waals surface area contributed by atoms with Crippen LogP contribution in [0.3, 0.4) is 0 Å². The van der Waals surface area contributed by atoms with Gasteiger partial charge in [-0.05, 0) is 12.1 Å². The lowest BCUT2D eigenvalue weighted by Crippen LogP contribution is -3.00. The topological polar surface area (TPSA) is 137 Å². The summed E-state index contributed by atoms with van der Waals surface area (Å²) in [4.78, 5) is 19.9. The van der Waals surface area contributed by atoms with Gasteiger partial charge in [-0.2, -0.15) is 5.26 Å². The molecule has 2 aromatic heterocycles. The number of ether oxygens (including phenoxy) is 1. The number of hydrogen-bond acceptors (Lipinski definition) is 7. The zero-order valence-corrected chi connectivity index (χ0v) is 17.3. The number of anilines is 2. The fourth-order valence-electron chi connectivity index (χ4n) is 2.63. The summed E-state index contributed by atoms with van der Waals surface area (Å²) in [7, 11) is 3.66. The van der Waals surface area contributed by atoms with E-state index in [1.807, 2.05) is 29.3 Å². The van der Waals surface area contributed by atoms with E-state index in [2.05, 4.69) is 16.0 Å². The number of benzene rings is 1. The highest BCUT2D eigenvalue weighted by atomic mass is 127. The second-order valence-electron chi connectivity index (χ2n) is 5.56. The first-order valence-corrected chi connectivity index (χ1v) is 7.84. The molecule has 140 valence electrons. The highest BCUT2D eigenvalue weighted by Gasteiger charge is 2.24. The summed E-state index contributed by atoms with van der Waals surface area (Å²) in [5.41, 5.74) is 13.2. The third-order valence-electron chi connectivity index (χ3n) is 4.03. The van der Waals surface area contributed by atoms with Crippen molar-refractivity contribution in [3.8, 4) is 6.07 Å². The summed E-state index contributed by atoms with van der Waals surface area (Å²) < 4.78 is 9.02. The number of carbonyl (C=O) groups is 1. The Morgan fingerprint density at radius 2 is 2.07 bits per heavy atom. The van der Waals surface area contributed by atoms with Crippen LogP contribution in [-0.2, 0) is 25.4 Å². The fraction of sp³-hybridized carbons (Fsp3) is 0.188. The molecule has 1 aromatic carbocycles. The molecule has 0 spiro atoms. The van der Waals surface area contributed by atoms with E-state index in [4.69, 9.17) is 33.1 Å². The summed E-state index contributed by atoms with van der Waals surface area (Å²) in [6.07, 6.45) is 0. The van der Waals surface area contributed by atoms with Crippen molar-refractivity contribution in [3.63, 3.8) is 0 Å². The minimum atomic E-state index is -0.764. The van der Waals surface area contributed by atoms with Crippen LogP contribution in [0.5, 0.6) is 0 Å². The van der Waals surface area contributed by atoms with Crippen LogP contribution in [0.2, 0.25) is 5.15 Å². The molecule has 0 fully saturated rings. The molecular formula is C16H15ClIN7O2. The second kappa shape index (κ2) is 7.93. The lowest BCUT2D eigenvalue weighted by atomic mass is 10.2. The Bertz CT molecular complexity index is 1090. The van der Waals surface area contributed by atoms with Crippen molar-refractivity contribution in [2.45, 2.75) is 6.61 Å². The minimum Gasteiger partial charge on any atom is -1.00 e. The average molecular weight is 500 g/mol. The highest BCUT2D eigenvalue weighted by molar-refractivity contribution is 6.31. The van der Waals surface area contributed by atoms with E-state index in [0.29, 0.717) is 11.4 Å². The van der Waals surface area contributed by atoms with E-state index in [9.17, 15) is 4.79 Å². The number of aryl methyl sites for hydroxylation is 2. The van der Waals surface area contributed by atoms with Crippen LogP contribution in [0.15, 0.2) is 18.2 Å². The van der Waals surface area contributed by atoms with Gasteiger partial charge in [0.05, 0.1) is 25.7 Å². The maximum Gasteiger partial charge on any atom is 0.361 e. The number of aromatic nitrogens is 4. The molecule has 0 aliphatic heterocycles. The van der Waals surface area contributed by atoms with Crippen LogP contribution in [-0.4, -0.2) is 20.5 Å². The van der Waals surface area contributed by atoms with Gasteiger partial charge in [-0.3, -0.25) is 0 Å². The third kappa shape index (κ3) is 3.74. The Hall–Kier alpha value is -2.65. The summed E-state index contributed by atoms with van der Waals surface area (Å²) in [5.74, 6) is -0.276. The lowest BCUT2D eigenvalue weighted by Gasteiger charge is -2.06. The quantitative estimate of drug-likeness (QED) is 0.238. The molecule has 11 heteroatoms. The number of fused-ring (bicyclic) bond motifs is 1. The molecule has 0 unspecified atom stereocenters. The summed E-state index contributed by atoms with van der Waals surface area (Å²) in [6.45, 7) is -0.0362. The van der Waals surface area contributed by atoms with Gasteiger partial charge in [-0.25, -0.2) is 23.9 Å². The molecule has 27 heavy (non-hydrogen) atoms. The van der Waals surface area contributed by atoms with Crippen LogP contribution in [0.1, 0.15) is 21.9 Å². The number of carbonyl (C=O) groups excluding carboxylic acids is 1. The van der Waals surface area contributed by atoms with Crippen LogP contribution in [0.25, 0.3) is 11.0 Å². The maximum atomic E-state index is 12.3. The molecule has 9 nitrogen and oxygen atoms in total. The normalized spacial score (nSPS) is 10.3. The summed E-state index contributed by atoms with van der Waals surface area (Å²) in [6, 6.07) is 7.43. The Morgan fingerprint density at radius 1 is 1.37 bits per heavy atom. The molecule has 0 atom stereocenters. The van der Waals surface area contributed by atoms with Crippen molar-refractivity contribution >= 4 is 40.2 Å². The first kappa shape index (κ1) is 20.7. The average Bonchev–Trinajstić information content (AvgIpc) is 2.86. The van der Waals surface area contributed by atoms with Crippen LogP contribution in [0.4, 0.5) is 11.6 Å². The van der Waals surface area contributed by atoms with E-state index in [-0.39, 0.29) is 53.1 Å². The zero-order chi connectivity index (χ0) is 19.0. The van der Waals surface area contributed by atoms with Gasteiger partial charge in [0, 0.05) is 6.07 Å². The molecule has 0 aliphatic carbocycles. The number of esters is 1. The standard InChI is InChI=1S/C16H14ClN7O2.HI/c1-23-9-4-3-8(6-18)5-10(9)24(2)11(23)7-26-16(25)12-14(19)22-15(20)13(17)21-12;/h3-5H,7H2,1-2H3,(H3-,19,20,22,25);1H. The zero-order valence-electron chi connectivity index (χ0n) is 14.4. The molecule has 4 N–H and O–H groups in total. The van der Waals surface area contributed by atoms with E-state index in [1.165, 1.54) is 0 Å². The monoisotopic (exact) mass is 499 g/mol. The van der Waals surface area contributed by atoms with Gasteiger partial charge in [-0.1, -0.05) is 11.6 Å². The van der Waals surface area contributed by atoms with Gasteiger partial charge in [-0.15, -0.1) is 0 Å². The largest absolute Gasteiger partial charge is 1.00 e. The molecule has 3 rings (SSSR count). The van der Waals surface area contributed by atoms with E-state index >= 15 is 0 Å². The fourth-order valence-corrected chi connectivity index (χ4v) is 2.76. The summed E-state index contributed by atoms with van der Waals surface area (Å²) in [5, 5.41) is 8.93. The molecule has 0 bridgehead atoms. The van der Waals surface area contributed by atoms with Crippen LogP contribution >= 0.6 is 11.6 Å². The highest BCUT2D eigenvalue weighted by Crippen LogP contribution is 2.19. The van der Waals surface area contributed by atoms with Crippen molar-refractivity contribution in [2.75, 3.05) is 11.5 Å². The van der Waals surface area contributed by atoms with Gasteiger partial charge < -0.3 is 40.2 Å². The molecule has 0 aliphatic rings. The van der Waals surface area contributed by atoms with Crippen molar-refractivity contribution in [2.24, 2.45) is 14.1 Å². The molecule has 2 heterocycles. The van der Waals surface area contributed by atoms with Crippen LogP contribution < -0.4 is 40.0 Å². The predicted molar refractivity (Wildman–Crippen MR) is 93.8 cm³/mol. The van der Waals surface area contributed by atoms with Gasteiger partial charge in [0.15, 0.2) is 40.1 Å². The van der Waals surface area contributed by atoms with Gasteiger partial charge in [0.2, 0.25) is 0 Å². The lowest BCUT2D eigenvalue weighted by molar-refractivity contribution is -0.655. The SMILES string of the molecule is Cn1c(COC(=O)c2nc(Cl)c(N)nc2N)[n+](C)c2ccc(C#N)cc21.[I-]. The number of rotatable bonds is 3. The van der Waals surface area contributed by atoms with Gasteiger partial charge >= 0.3 is 5.97 Å². The molecule has 0 amide bonds. The third-order valence-corrected chi connectivity index (χ3v) is 4.31. The number of halogens is 2. The Labute approximate surface area is 176 Å². The van der Waals surface area contributed by atoms with E-state index in [0.717, 1.165) is 11.0 Å². The number of imidazole rings is 1. The van der Waals surface area contributed by atoms with Crippen molar-refractivity contribution in [1.82, 2.24) is 14.5 Å². The number of nitrogens with two attached hydrogens (primary N) is 2.